The minimum absolute atomic E-state index is 0.212. The van der Waals surface area contributed by atoms with E-state index in [0.29, 0.717) is 0 Å². The topological polar surface area (TPSA) is 40.5 Å². The van der Waals surface area contributed by atoms with Crippen LogP contribution in [0.15, 0.2) is 0 Å². The lowest BCUT2D eigenvalue weighted by Crippen LogP contribution is -2.31. The van der Waals surface area contributed by atoms with Crippen LogP contribution in [0.2, 0.25) is 0 Å². The SMILES string of the molecule is CCCCCCCCCN(CCCCCCC)CC(=O)O. The van der Waals surface area contributed by atoms with E-state index in [9.17, 15) is 4.79 Å². The molecule has 0 saturated heterocycles. The second-order valence-electron chi connectivity index (χ2n) is 6.21. The standard InChI is InChI=1S/C18H37NO2/c1-3-5-7-9-10-12-14-16-19(17-18(20)21)15-13-11-8-6-4-2/h3-17H2,1-2H3,(H,20,21). The fourth-order valence-electron chi connectivity index (χ4n) is 2.69. The largest absolute Gasteiger partial charge is 0.480 e. The molecule has 0 bridgehead atoms. The van der Waals surface area contributed by atoms with Crippen molar-refractivity contribution in [3.05, 3.63) is 0 Å². The van der Waals surface area contributed by atoms with E-state index in [4.69, 9.17) is 5.11 Å². The van der Waals surface area contributed by atoms with Gasteiger partial charge in [-0.25, -0.2) is 0 Å². The van der Waals surface area contributed by atoms with Gasteiger partial charge in [-0.3, -0.25) is 9.69 Å². The van der Waals surface area contributed by atoms with Crippen molar-refractivity contribution in [1.29, 1.82) is 0 Å². The Morgan fingerprint density at radius 2 is 1.10 bits per heavy atom. The number of carboxylic acids is 1. The Bertz CT molecular complexity index is 231. The third-order valence-electron chi connectivity index (χ3n) is 4.01. The van der Waals surface area contributed by atoms with Crippen LogP contribution in [0.5, 0.6) is 0 Å². The molecule has 0 aromatic carbocycles. The molecule has 3 heteroatoms. The Labute approximate surface area is 132 Å². The highest BCUT2D eigenvalue weighted by Crippen LogP contribution is 2.09. The summed E-state index contributed by atoms with van der Waals surface area (Å²) >= 11 is 0. The van der Waals surface area contributed by atoms with Gasteiger partial charge in [-0.05, 0) is 25.9 Å². The minimum Gasteiger partial charge on any atom is -0.480 e. The highest BCUT2D eigenvalue weighted by atomic mass is 16.4. The maximum absolute atomic E-state index is 10.9. The lowest BCUT2D eigenvalue weighted by molar-refractivity contribution is -0.138. The molecule has 0 fully saturated rings. The van der Waals surface area contributed by atoms with Crippen LogP contribution in [0.25, 0.3) is 0 Å². The van der Waals surface area contributed by atoms with Crippen LogP contribution in [0.4, 0.5) is 0 Å². The second-order valence-corrected chi connectivity index (χ2v) is 6.21. The van der Waals surface area contributed by atoms with Crippen LogP contribution in [-0.2, 0) is 4.79 Å². The van der Waals surface area contributed by atoms with Crippen molar-refractivity contribution >= 4 is 5.97 Å². The molecule has 21 heavy (non-hydrogen) atoms. The molecule has 0 aromatic heterocycles. The van der Waals surface area contributed by atoms with Crippen molar-refractivity contribution in [2.75, 3.05) is 19.6 Å². The number of unbranched alkanes of at least 4 members (excludes halogenated alkanes) is 10. The van der Waals surface area contributed by atoms with E-state index >= 15 is 0 Å². The number of nitrogens with zero attached hydrogens (tertiary/aromatic N) is 1. The zero-order valence-corrected chi connectivity index (χ0v) is 14.4. The van der Waals surface area contributed by atoms with Gasteiger partial charge in [-0.15, -0.1) is 0 Å². The van der Waals surface area contributed by atoms with E-state index in [1.165, 1.54) is 64.2 Å². The smallest absolute Gasteiger partial charge is 0.317 e. The summed E-state index contributed by atoms with van der Waals surface area (Å²) in [6.07, 6.45) is 15.3. The highest BCUT2D eigenvalue weighted by Gasteiger charge is 2.08. The first-order valence-electron chi connectivity index (χ1n) is 9.14. The van der Waals surface area contributed by atoms with Crippen molar-refractivity contribution in [2.45, 2.75) is 90.9 Å². The van der Waals surface area contributed by atoms with Gasteiger partial charge in [0.2, 0.25) is 0 Å². The summed E-state index contributed by atoms with van der Waals surface area (Å²) in [5, 5.41) is 8.98. The molecule has 0 heterocycles. The molecule has 0 aromatic rings. The highest BCUT2D eigenvalue weighted by molar-refractivity contribution is 5.69. The first-order valence-corrected chi connectivity index (χ1v) is 9.14. The Balaban J connectivity index is 3.63. The maximum atomic E-state index is 10.9. The number of hydrogen-bond donors (Lipinski definition) is 1. The van der Waals surface area contributed by atoms with E-state index in [1.54, 1.807) is 0 Å². The van der Waals surface area contributed by atoms with Crippen LogP contribution in [-0.4, -0.2) is 35.6 Å². The van der Waals surface area contributed by atoms with Crippen molar-refractivity contribution in [2.24, 2.45) is 0 Å². The molecule has 0 atom stereocenters. The molecule has 0 radical (unpaired) electrons. The summed E-state index contributed by atoms with van der Waals surface area (Å²) in [5.74, 6) is -0.688. The number of carbonyl (C=O) groups is 1. The summed E-state index contributed by atoms with van der Waals surface area (Å²) < 4.78 is 0. The molecule has 1 N–H and O–H groups in total. The van der Waals surface area contributed by atoms with Crippen molar-refractivity contribution in [3.8, 4) is 0 Å². The van der Waals surface area contributed by atoms with Gasteiger partial charge < -0.3 is 5.11 Å². The van der Waals surface area contributed by atoms with Gasteiger partial charge in [0.15, 0.2) is 0 Å². The first kappa shape index (κ1) is 20.4. The molecule has 126 valence electrons. The summed E-state index contributed by atoms with van der Waals surface area (Å²) in [7, 11) is 0. The lowest BCUT2D eigenvalue weighted by Gasteiger charge is -2.20. The van der Waals surface area contributed by atoms with E-state index in [2.05, 4.69) is 18.7 Å². The first-order chi connectivity index (χ1) is 10.2. The monoisotopic (exact) mass is 299 g/mol. The third-order valence-corrected chi connectivity index (χ3v) is 4.01. The molecule has 0 spiro atoms. The number of rotatable bonds is 16. The summed E-state index contributed by atoms with van der Waals surface area (Å²) in [5.41, 5.74) is 0. The Morgan fingerprint density at radius 3 is 1.48 bits per heavy atom. The molecule has 0 aliphatic heterocycles. The fourth-order valence-corrected chi connectivity index (χ4v) is 2.69. The molecule has 0 aliphatic rings. The van der Waals surface area contributed by atoms with Crippen molar-refractivity contribution in [1.82, 2.24) is 4.90 Å². The zero-order valence-electron chi connectivity index (χ0n) is 14.4. The van der Waals surface area contributed by atoms with Gasteiger partial charge in [-0.1, -0.05) is 78.1 Å². The fraction of sp³-hybridized carbons (Fsp3) is 0.944. The number of hydrogen-bond acceptors (Lipinski definition) is 2. The Kier molecular flexibility index (Phi) is 15.4. The molecule has 0 unspecified atom stereocenters. The van der Waals surface area contributed by atoms with Gasteiger partial charge in [0.25, 0.3) is 0 Å². The molecule has 0 rings (SSSR count). The van der Waals surface area contributed by atoms with E-state index in [1.807, 2.05) is 0 Å². The Hall–Kier alpha value is -0.570. The van der Waals surface area contributed by atoms with Crippen LogP contribution < -0.4 is 0 Å². The third kappa shape index (κ3) is 15.6. The maximum Gasteiger partial charge on any atom is 0.317 e. The van der Waals surface area contributed by atoms with Gasteiger partial charge in [0, 0.05) is 0 Å². The molecule has 0 aliphatic carbocycles. The van der Waals surface area contributed by atoms with Crippen LogP contribution in [0.3, 0.4) is 0 Å². The van der Waals surface area contributed by atoms with Crippen LogP contribution in [0.1, 0.15) is 90.9 Å². The van der Waals surface area contributed by atoms with Crippen molar-refractivity contribution in [3.63, 3.8) is 0 Å². The van der Waals surface area contributed by atoms with Crippen LogP contribution >= 0.6 is 0 Å². The number of aliphatic carboxylic acids is 1. The quantitative estimate of drug-likeness (QED) is 0.403. The van der Waals surface area contributed by atoms with Crippen molar-refractivity contribution < 1.29 is 9.90 Å². The molecule has 0 saturated carbocycles. The van der Waals surface area contributed by atoms with Gasteiger partial charge in [0.1, 0.15) is 0 Å². The van der Waals surface area contributed by atoms with Gasteiger partial charge in [0.05, 0.1) is 6.54 Å². The average molecular weight is 299 g/mol. The van der Waals surface area contributed by atoms with E-state index in [-0.39, 0.29) is 6.54 Å². The minimum atomic E-state index is -0.688. The Morgan fingerprint density at radius 1 is 0.714 bits per heavy atom. The van der Waals surface area contributed by atoms with E-state index < -0.39 is 5.97 Å². The predicted octanol–water partition coefficient (Wildman–Crippen LogP) is 5.09. The zero-order chi connectivity index (χ0) is 15.8. The lowest BCUT2D eigenvalue weighted by atomic mass is 10.1. The van der Waals surface area contributed by atoms with Gasteiger partial charge >= 0.3 is 5.97 Å². The molecule has 0 amide bonds. The molecular formula is C18H37NO2. The second kappa shape index (κ2) is 15.8. The van der Waals surface area contributed by atoms with Gasteiger partial charge in [-0.2, -0.15) is 0 Å². The molecule has 3 nitrogen and oxygen atoms in total. The summed E-state index contributed by atoms with van der Waals surface area (Å²) in [6.45, 7) is 6.57. The van der Waals surface area contributed by atoms with E-state index in [0.717, 1.165) is 25.9 Å². The summed E-state index contributed by atoms with van der Waals surface area (Å²) in [4.78, 5) is 13.0. The normalized spacial score (nSPS) is 11.2. The van der Waals surface area contributed by atoms with Crippen LogP contribution in [0, 0.1) is 0 Å². The molecular weight excluding hydrogens is 262 g/mol. The summed E-state index contributed by atoms with van der Waals surface area (Å²) in [6, 6.07) is 0. The predicted molar refractivity (Wildman–Crippen MR) is 90.8 cm³/mol. The average Bonchev–Trinajstić information content (AvgIpc) is 2.45. The number of carboxylic acid groups (broad SMARTS) is 1.